The SMILES string of the molecule is COC(=O)C(C)CN1C(C(C)C)CN([SiH3])C1(C(C)C)C(C)C. The lowest BCUT2D eigenvalue weighted by atomic mass is 9.83. The minimum atomic E-state index is -0.101. The maximum absolute atomic E-state index is 12.0. The van der Waals surface area contributed by atoms with E-state index in [1.165, 1.54) is 7.11 Å². The molecule has 0 spiro atoms. The van der Waals surface area contributed by atoms with Crippen LogP contribution in [0.1, 0.15) is 48.5 Å². The second-order valence-electron chi connectivity index (χ2n) is 7.86. The molecule has 0 aliphatic carbocycles. The number of carbonyl (C=O) groups excluding carboxylic acids is 1. The summed E-state index contributed by atoms with van der Waals surface area (Å²) in [7, 11) is 2.54. The first-order chi connectivity index (χ1) is 10.1. The van der Waals surface area contributed by atoms with E-state index in [1.807, 2.05) is 6.92 Å². The van der Waals surface area contributed by atoms with Crippen molar-refractivity contribution in [3.8, 4) is 0 Å². The first kappa shape index (κ1) is 19.7. The number of rotatable bonds is 6. The van der Waals surface area contributed by atoms with Gasteiger partial charge in [-0.15, -0.1) is 0 Å². The number of ether oxygens (including phenoxy) is 1. The summed E-state index contributed by atoms with van der Waals surface area (Å²) in [5.41, 5.74) is 0.0590. The molecule has 1 saturated heterocycles. The largest absolute Gasteiger partial charge is 0.469 e. The highest BCUT2D eigenvalue weighted by atomic mass is 28.2. The van der Waals surface area contributed by atoms with E-state index in [2.05, 4.69) is 51.0 Å². The molecule has 1 aliphatic rings. The lowest BCUT2D eigenvalue weighted by Crippen LogP contribution is -2.62. The van der Waals surface area contributed by atoms with Crippen LogP contribution in [0.5, 0.6) is 0 Å². The van der Waals surface area contributed by atoms with Gasteiger partial charge in [0, 0.05) is 19.1 Å². The van der Waals surface area contributed by atoms with Crippen molar-refractivity contribution in [1.82, 2.24) is 9.47 Å². The summed E-state index contributed by atoms with van der Waals surface area (Å²) in [5.74, 6) is 1.45. The summed E-state index contributed by atoms with van der Waals surface area (Å²) >= 11 is 0. The third kappa shape index (κ3) is 3.26. The van der Waals surface area contributed by atoms with Crippen molar-refractivity contribution in [3.63, 3.8) is 0 Å². The summed E-state index contributed by atoms with van der Waals surface area (Å²) in [4.78, 5) is 14.6. The van der Waals surface area contributed by atoms with Crippen molar-refractivity contribution in [1.29, 1.82) is 0 Å². The van der Waals surface area contributed by atoms with Gasteiger partial charge in [-0.25, -0.2) is 0 Å². The van der Waals surface area contributed by atoms with E-state index in [4.69, 9.17) is 4.74 Å². The molecule has 0 amide bonds. The molecule has 130 valence electrons. The highest BCUT2D eigenvalue weighted by Gasteiger charge is 2.54. The van der Waals surface area contributed by atoms with Gasteiger partial charge in [-0.05, 0) is 17.8 Å². The van der Waals surface area contributed by atoms with Crippen molar-refractivity contribution in [2.75, 3.05) is 20.2 Å². The van der Waals surface area contributed by atoms with Gasteiger partial charge in [0.25, 0.3) is 0 Å². The van der Waals surface area contributed by atoms with Crippen LogP contribution in [-0.4, -0.2) is 57.7 Å². The fourth-order valence-corrected chi connectivity index (χ4v) is 6.31. The molecule has 0 aromatic heterocycles. The molecule has 0 N–H and O–H groups in total. The number of methoxy groups -OCH3 is 1. The van der Waals surface area contributed by atoms with Crippen molar-refractivity contribution in [2.45, 2.75) is 60.2 Å². The Hall–Kier alpha value is -0.393. The molecule has 0 bridgehead atoms. The second-order valence-corrected chi connectivity index (χ2v) is 8.94. The Morgan fingerprint density at radius 1 is 1.18 bits per heavy atom. The Kier molecular flexibility index (Phi) is 6.66. The van der Waals surface area contributed by atoms with Gasteiger partial charge in [-0.2, -0.15) is 0 Å². The average molecular weight is 329 g/mol. The first-order valence-corrected chi connectivity index (χ1v) is 9.55. The summed E-state index contributed by atoms with van der Waals surface area (Å²) in [6.45, 7) is 17.8. The van der Waals surface area contributed by atoms with E-state index in [9.17, 15) is 4.79 Å². The fourth-order valence-electron chi connectivity index (χ4n) is 4.64. The Labute approximate surface area is 140 Å². The Morgan fingerprint density at radius 2 is 1.68 bits per heavy atom. The maximum atomic E-state index is 12.0. The first-order valence-electron chi connectivity index (χ1n) is 8.66. The van der Waals surface area contributed by atoms with E-state index in [0.717, 1.165) is 23.5 Å². The summed E-state index contributed by atoms with van der Waals surface area (Å²) in [5, 5.41) is 0. The molecule has 0 aromatic rings. The minimum absolute atomic E-state index is 0.0590. The molecule has 0 aromatic carbocycles. The van der Waals surface area contributed by atoms with Crippen molar-refractivity contribution in [3.05, 3.63) is 0 Å². The monoisotopic (exact) mass is 328 g/mol. The highest BCUT2D eigenvalue weighted by Crippen LogP contribution is 2.43. The minimum Gasteiger partial charge on any atom is -0.469 e. The van der Waals surface area contributed by atoms with Crippen molar-refractivity contribution in [2.24, 2.45) is 23.7 Å². The predicted octanol–water partition coefficient (Wildman–Crippen LogP) is 1.73. The normalized spacial score (nSPS) is 24.6. The van der Waals surface area contributed by atoms with Crippen LogP contribution in [0.2, 0.25) is 0 Å². The van der Waals surface area contributed by atoms with Crippen LogP contribution in [0.3, 0.4) is 0 Å². The summed E-state index contributed by atoms with van der Waals surface area (Å²) in [6, 6.07) is 0.509. The molecular formula is C17H36N2O2Si. The number of carbonyl (C=O) groups is 1. The molecule has 1 aliphatic heterocycles. The van der Waals surface area contributed by atoms with Gasteiger partial charge < -0.3 is 9.30 Å². The number of esters is 1. The molecule has 0 radical (unpaired) electrons. The fraction of sp³-hybridized carbons (Fsp3) is 0.941. The molecule has 5 heteroatoms. The lowest BCUT2D eigenvalue weighted by molar-refractivity contribution is -0.147. The smallest absolute Gasteiger partial charge is 0.309 e. The number of nitrogens with zero attached hydrogens (tertiary/aromatic N) is 2. The summed E-state index contributed by atoms with van der Waals surface area (Å²) < 4.78 is 7.61. The van der Waals surface area contributed by atoms with Crippen LogP contribution in [-0.2, 0) is 9.53 Å². The van der Waals surface area contributed by atoms with Gasteiger partial charge in [-0.3, -0.25) is 9.69 Å². The highest BCUT2D eigenvalue weighted by molar-refractivity contribution is 6.05. The molecule has 2 atom stereocenters. The Morgan fingerprint density at radius 3 is 2.05 bits per heavy atom. The van der Waals surface area contributed by atoms with Crippen LogP contribution in [0.4, 0.5) is 0 Å². The van der Waals surface area contributed by atoms with Gasteiger partial charge in [0.15, 0.2) is 0 Å². The second kappa shape index (κ2) is 7.45. The van der Waals surface area contributed by atoms with Gasteiger partial charge in [0.2, 0.25) is 0 Å². The zero-order chi connectivity index (χ0) is 17.2. The average Bonchev–Trinajstić information content (AvgIpc) is 2.71. The van der Waals surface area contributed by atoms with Gasteiger partial charge in [0.05, 0.1) is 29.1 Å². The summed E-state index contributed by atoms with van der Waals surface area (Å²) in [6.07, 6.45) is 0. The number of hydrogen-bond donors (Lipinski definition) is 0. The predicted molar refractivity (Wildman–Crippen MR) is 95.6 cm³/mol. The molecule has 4 nitrogen and oxygen atoms in total. The van der Waals surface area contributed by atoms with Gasteiger partial charge in [0.1, 0.15) is 0 Å². The van der Waals surface area contributed by atoms with Crippen LogP contribution >= 0.6 is 0 Å². The zero-order valence-corrected chi connectivity index (χ0v) is 18.0. The maximum Gasteiger partial charge on any atom is 0.309 e. The molecule has 0 saturated carbocycles. The standard InChI is InChI=1S/C17H36N2O2Si/c1-11(2)15-10-19(22)17(12(3)4,13(5)6)18(15)9-14(7)16(20)21-8/h11-15H,9-10H2,1-8,22H3. The van der Waals surface area contributed by atoms with E-state index >= 15 is 0 Å². The lowest BCUT2D eigenvalue weighted by Gasteiger charge is -2.51. The van der Waals surface area contributed by atoms with Crippen LogP contribution in [0.25, 0.3) is 0 Å². The van der Waals surface area contributed by atoms with Gasteiger partial charge in [-0.1, -0.05) is 48.5 Å². The number of hydrogen-bond acceptors (Lipinski definition) is 4. The van der Waals surface area contributed by atoms with Crippen LogP contribution < -0.4 is 0 Å². The third-order valence-electron chi connectivity index (χ3n) is 5.48. The third-order valence-corrected chi connectivity index (χ3v) is 6.56. The van der Waals surface area contributed by atoms with Crippen LogP contribution in [0, 0.1) is 23.7 Å². The quantitative estimate of drug-likeness (QED) is 0.549. The molecule has 1 rings (SSSR count). The van der Waals surface area contributed by atoms with E-state index < -0.39 is 0 Å². The zero-order valence-electron chi connectivity index (χ0n) is 16.0. The molecule has 1 heterocycles. The van der Waals surface area contributed by atoms with E-state index in [0.29, 0.717) is 23.8 Å². The van der Waals surface area contributed by atoms with Crippen molar-refractivity contribution < 1.29 is 9.53 Å². The Bertz CT molecular complexity index is 377. The topological polar surface area (TPSA) is 32.8 Å². The van der Waals surface area contributed by atoms with E-state index in [-0.39, 0.29) is 17.6 Å². The molecule has 2 unspecified atom stereocenters. The van der Waals surface area contributed by atoms with Gasteiger partial charge >= 0.3 is 5.97 Å². The molecule has 1 fully saturated rings. The molecule has 22 heavy (non-hydrogen) atoms. The van der Waals surface area contributed by atoms with Crippen LogP contribution in [0.15, 0.2) is 0 Å². The van der Waals surface area contributed by atoms with Crippen molar-refractivity contribution >= 4 is 16.4 Å². The Balaban J connectivity index is 3.23. The van der Waals surface area contributed by atoms with E-state index in [1.54, 1.807) is 0 Å². The molecular weight excluding hydrogens is 292 g/mol.